The molecule has 0 spiro atoms. The summed E-state index contributed by atoms with van der Waals surface area (Å²) in [4.78, 5) is 11.7. The van der Waals surface area contributed by atoms with Gasteiger partial charge in [-0.15, -0.1) is 0 Å². The SMILES string of the molecule is Cc1cc(C)cc(OCC(=O)OCc2cccc(C#N)c2)c1. The molecule has 0 heterocycles. The van der Waals surface area contributed by atoms with Crippen molar-refractivity contribution in [3.8, 4) is 11.8 Å². The number of benzene rings is 2. The molecule has 22 heavy (non-hydrogen) atoms. The van der Waals surface area contributed by atoms with Crippen LogP contribution in [0.5, 0.6) is 5.75 Å². The summed E-state index contributed by atoms with van der Waals surface area (Å²) in [5.41, 5.74) is 3.48. The fraction of sp³-hybridized carbons (Fsp3) is 0.222. The Morgan fingerprint density at radius 3 is 2.55 bits per heavy atom. The third-order valence-electron chi connectivity index (χ3n) is 3.01. The number of nitriles is 1. The lowest BCUT2D eigenvalue weighted by Gasteiger charge is -2.09. The van der Waals surface area contributed by atoms with Crippen LogP contribution in [0.2, 0.25) is 0 Å². The second-order valence-corrected chi connectivity index (χ2v) is 5.08. The molecule has 0 aromatic heterocycles. The van der Waals surface area contributed by atoms with E-state index in [9.17, 15) is 4.79 Å². The summed E-state index contributed by atoms with van der Waals surface area (Å²) in [6.45, 7) is 3.94. The van der Waals surface area contributed by atoms with Crippen LogP contribution in [-0.4, -0.2) is 12.6 Å². The summed E-state index contributed by atoms with van der Waals surface area (Å²) in [5.74, 6) is 0.211. The van der Waals surface area contributed by atoms with Gasteiger partial charge in [0.05, 0.1) is 11.6 Å². The van der Waals surface area contributed by atoms with Crippen molar-refractivity contribution in [2.24, 2.45) is 0 Å². The third-order valence-corrected chi connectivity index (χ3v) is 3.01. The topological polar surface area (TPSA) is 59.3 Å². The van der Waals surface area contributed by atoms with Gasteiger partial charge in [-0.25, -0.2) is 4.79 Å². The van der Waals surface area contributed by atoms with Crippen LogP contribution >= 0.6 is 0 Å². The zero-order valence-electron chi connectivity index (χ0n) is 12.6. The first-order chi connectivity index (χ1) is 10.6. The molecule has 2 aromatic carbocycles. The average molecular weight is 295 g/mol. The molecule has 2 rings (SSSR count). The van der Waals surface area contributed by atoms with E-state index in [1.54, 1.807) is 24.3 Å². The van der Waals surface area contributed by atoms with E-state index in [0.717, 1.165) is 16.7 Å². The van der Waals surface area contributed by atoms with Crippen molar-refractivity contribution in [3.05, 3.63) is 64.7 Å². The van der Waals surface area contributed by atoms with Gasteiger partial charge in [-0.05, 0) is 54.8 Å². The highest BCUT2D eigenvalue weighted by Crippen LogP contribution is 2.16. The summed E-state index contributed by atoms with van der Waals surface area (Å²) in [5, 5.41) is 8.82. The number of carbonyl (C=O) groups is 1. The fourth-order valence-corrected chi connectivity index (χ4v) is 2.09. The molecule has 0 saturated carbocycles. The Bertz CT molecular complexity index is 696. The molecule has 0 bridgehead atoms. The fourth-order valence-electron chi connectivity index (χ4n) is 2.09. The maximum atomic E-state index is 11.7. The number of rotatable bonds is 5. The van der Waals surface area contributed by atoms with Gasteiger partial charge in [0, 0.05) is 0 Å². The third kappa shape index (κ3) is 4.64. The molecule has 0 radical (unpaired) electrons. The van der Waals surface area contributed by atoms with Crippen molar-refractivity contribution in [1.82, 2.24) is 0 Å². The van der Waals surface area contributed by atoms with Gasteiger partial charge in [0.15, 0.2) is 6.61 Å². The molecule has 0 aliphatic rings. The molecule has 0 aliphatic carbocycles. The monoisotopic (exact) mass is 295 g/mol. The highest BCUT2D eigenvalue weighted by atomic mass is 16.6. The molecule has 0 fully saturated rings. The van der Waals surface area contributed by atoms with Crippen molar-refractivity contribution in [3.63, 3.8) is 0 Å². The zero-order chi connectivity index (χ0) is 15.9. The molecule has 2 aromatic rings. The van der Waals surface area contributed by atoms with Gasteiger partial charge in [-0.1, -0.05) is 18.2 Å². The van der Waals surface area contributed by atoms with E-state index >= 15 is 0 Å². The van der Waals surface area contributed by atoms with Gasteiger partial charge >= 0.3 is 5.97 Å². The largest absolute Gasteiger partial charge is 0.482 e. The van der Waals surface area contributed by atoms with Crippen molar-refractivity contribution >= 4 is 5.97 Å². The maximum absolute atomic E-state index is 11.7. The maximum Gasteiger partial charge on any atom is 0.344 e. The van der Waals surface area contributed by atoms with Gasteiger partial charge < -0.3 is 9.47 Å². The van der Waals surface area contributed by atoms with Crippen LogP contribution in [0, 0.1) is 25.2 Å². The molecule has 112 valence electrons. The molecule has 0 N–H and O–H groups in total. The molecule has 0 atom stereocenters. The minimum atomic E-state index is -0.443. The number of hydrogen-bond acceptors (Lipinski definition) is 4. The van der Waals surface area contributed by atoms with E-state index in [0.29, 0.717) is 11.3 Å². The Morgan fingerprint density at radius 1 is 1.14 bits per heavy atom. The Balaban J connectivity index is 1.84. The molecule has 0 amide bonds. The molecule has 0 aliphatic heterocycles. The van der Waals surface area contributed by atoms with E-state index in [1.165, 1.54) is 0 Å². The minimum absolute atomic E-state index is 0.130. The molecule has 0 saturated heterocycles. The Morgan fingerprint density at radius 2 is 1.86 bits per heavy atom. The van der Waals surface area contributed by atoms with E-state index in [4.69, 9.17) is 14.7 Å². The Hall–Kier alpha value is -2.80. The average Bonchev–Trinajstić information content (AvgIpc) is 2.50. The van der Waals surface area contributed by atoms with Crippen LogP contribution in [0.3, 0.4) is 0 Å². The summed E-state index contributed by atoms with van der Waals surface area (Å²) in [7, 11) is 0. The van der Waals surface area contributed by atoms with Crippen molar-refractivity contribution < 1.29 is 14.3 Å². The second-order valence-electron chi connectivity index (χ2n) is 5.08. The molecule has 4 nitrogen and oxygen atoms in total. The highest BCUT2D eigenvalue weighted by molar-refractivity contribution is 5.71. The predicted octanol–water partition coefficient (Wildman–Crippen LogP) is 3.30. The summed E-state index contributed by atoms with van der Waals surface area (Å²) in [6, 6.07) is 14.8. The zero-order valence-corrected chi connectivity index (χ0v) is 12.6. The molecular weight excluding hydrogens is 278 g/mol. The Labute approximate surface area is 129 Å². The standard InChI is InChI=1S/C18H17NO3/c1-13-6-14(2)8-17(7-13)21-12-18(20)22-11-16-5-3-4-15(9-16)10-19/h3-9H,11-12H2,1-2H3. The van der Waals surface area contributed by atoms with Crippen molar-refractivity contribution in [2.45, 2.75) is 20.5 Å². The van der Waals surface area contributed by atoms with Crippen LogP contribution in [0.1, 0.15) is 22.3 Å². The lowest BCUT2D eigenvalue weighted by atomic mass is 10.1. The molecular formula is C18H17NO3. The van der Waals surface area contributed by atoms with Gasteiger partial charge in [0.1, 0.15) is 12.4 Å². The van der Waals surface area contributed by atoms with Crippen LogP contribution in [0.25, 0.3) is 0 Å². The summed E-state index contributed by atoms with van der Waals surface area (Å²) in [6.07, 6.45) is 0. The number of hydrogen-bond donors (Lipinski definition) is 0. The molecule has 0 unspecified atom stereocenters. The number of esters is 1. The first kappa shape index (κ1) is 15.6. The van der Waals surface area contributed by atoms with Gasteiger partial charge in [-0.3, -0.25) is 0 Å². The number of ether oxygens (including phenoxy) is 2. The lowest BCUT2D eigenvalue weighted by Crippen LogP contribution is -2.14. The van der Waals surface area contributed by atoms with Crippen molar-refractivity contribution in [1.29, 1.82) is 5.26 Å². The summed E-state index contributed by atoms with van der Waals surface area (Å²) >= 11 is 0. The number of carbonyl (C=O) groups excluding carboxylic acids is 1. The van der Waals surface area contributed by atoms with E-state index in [1.807, 2.05) is 38.1 Å². The van der Waals surface area contributed by atoms with Crippen LogP contribution in [-0.2, 0) is 16.1 Å². The highest BCUT2D eigenvalue weighted by Gasteiger charge is 2.06. The first-order valence-electron chi connectivity index (χ1n) is 6.92. The predicted molar refractivity (Wildman–Crippen MR) is 82.4 cm³/mol. The smallest absolute Gasteiger partial charge is 0.344 e. The molecule has 4 heteroatoms. The van der Waals surface area contributed by atoms with Crippen LogP contribution < -0.4 is 4.74 Å². The second kappa shape index (κ2) is 7.28. The quantitative estimate of drug-likeness (QED) is 0.794. The van der Waals surface area contributed by atoms with E-state index in [-0.39, 0.29) is 13.2 Å². The van der Waals surface area contributed by atoms with Gasteiger partial charge in [0.2, 0.25) is 0 Å². The Kier molecular flexibility index (Phi) is 5.16. The van der Waals surface area contributed by atoms with Crippen LogP contribution in [0.4, 0.5) is 0 Å². The summed E-state index contributed by atoms with van der Waals surface area (Å²) < 4.78 is 10.6. The van der Waals surface area contributed by atoms with E-state index in [2.05, 4.69) is 0 Å². The minimum Gasteiger partial charge on any atom is -0.482 e. The normalized spacial score (nSPS) is 9.86. The number of nitrogens with zero attached hydrogens (tertiary/aromatic N) is 1. The van der Waals surface area contributed by atoms with Crippen molar-refractivity contribution in [2.75, 3.05) is 6.61 Å². The van der Waals surface area contributed by atoms with Crippen LogP contribution in [0.15, 0.2) is 42.5 Å². The lowest BCUT2D eigenvalue weighted by molar-refractivity contribution is -0.147. The van der Waals surface area contributed by atoms with E-state index < -0.39 is 5.97 Å². The van der Waals surface area contributed by atoms with Gasteiger partial charge in [0.25, 0.3) is 0 Å². The van der Waals surface area contributed by atoms with Gasteiger partial charge in [-0.2, -0.15) is 5.26 Å². The first-order valence-corrected chi connectivity index (χ1v) is 6.92. The number of aryl methyl sites for hydroxylation is 2.